The molecule has 0 radical (unpaired) electrons. The summed E-state index contributed by atoms with van der Waals surface area (Å²) in [6.45, 7) is 4.51. The predicted molar refractivity (Wildman–Crippen MR) is 77.0 cm³/mol. The number of aliphatic hydroxyl groups is 1. The van der Waals surface area contributed by atoms with Gasteiger partial charge >= 0.3 is 5.97 Å². The second kappa shape index (κ2) is 9.28. The summed E-state index contributed by atoms with van der Waals surface area (Å²) >= 11 is 0. The van der Waals surface area contributed by atoms with E-state index < -0.39 is 6.10 Å². The molecule has 0 bridgehead atoms. The molecule has 110 valence electrons. The second-order valence-electron chi connectivity index (χ2n) is 4.49. The van der Waals surface area contributed by atoms with E-state index in [4.69, 9.17) is 9.47 Å². The number of ether oxygens (including phenoxy) is 2. The van der Waals surface area contributed by atoms with Crippen LogP contribution in [0.5, 0.6) is 0 Å². The molecule has 2 atom stereocenters. The molecule has 0 heterocycles. The summed E-state index contributed by atoms with van der Waals surface area (Å²) in [6.07, 6.45) is 2.47. The highest BCUT2D eigenvalue weighted by Gasteiger charge is 2.10. The van der Waals surface area contributed by atoms with Gasteiger partial charge in [-0.25, -0.2) is 0 Å². The fourth-order valence-electron chi connectivity index (χ4n) is 1.57. The van der Waals surface area contributed by atoms with Crippen LogP contribution in [0.1, 0.15) is 19.4 Å². The van der Waals surface area contributed by atoms with Crippen LogP contribution in [0.25, 0.3) is 0 Å². The van der Waals surface area contributed by atoms with Crippen LogP contribution in [0.15, 0.2) is 42.5 Å². The number of carbonyl (C=O) groups is 1. The summed E-state index contributed by atoms with van der Waals surface area (Å²) in [4.78, 5) is 11.4. The number of rotatable bonds is 8. The third kappa shape index (κ3) is 6.50. The minimum Gasteiger partial charge on any atom is -0.466 e. The summed E-state index contributed by atoms with van der Waals surface area (Å²) in [5, 5.41) is 9.72. The molecule has 1 N–H and O–H groups in total. The van der Waals surface area contributed by atoms with Gasteiger partial charge in [0.1, 0.15) is 0 Å². The van der Waals surface area contributed by atoms with Crippen molar-refractivity contribution in [3.63, 3.8) is 0 Å². The van der Waals surface area contributed by atoms with E-state index in [2.05, 4.69) is 0 Å². The van der Waals surface area contributed by atoms with Gasteiger partial charge in [-0.15, -0.1) is 0 Å². The Morgan fingerprint density at radius 1 is 1.30 bits per heavy atom. The van der Waals surface area contributed by atoms with Crippen LogP contribution in [-0.2, 0) is 20.9 Å². The maximum absolute atomic E-state index is 11.4. The topological polar surface area (TPSA) is 55.8 Å². The molecule has 0 fully saturated rings. The molecule has 0 aromatic heterocycles. The molecule has 0 saturated carbocycles. The smallest absolute Gasteiger partial charge is 0.312 e. The zero-order valence-electron chi connectivity index (χ0n) is 12.0. The molecule has 20 heavy (non-hydrogen) atoms. The van der Waals surface area contributed by atoms with E-state index in [1.54, 1.807) is 26.0 Å². The van der Waals surface area contributed by atoms with E-state index in [1.165, 1.54) is 0 Å². The summed E-state index contributed by atoms with van der Waals surface area (Å²) in [5.74, 6) is -0.653. The molecule has 0 aliphatic rings. The lowest BCUT2D eigenvalue weighted by Gasteiger charge is -2.09. The van der Waals surface area contributed by atoms with E-state index >= 15 is 0 Å². The quantitative estimate of drug-likeness (QED) is 0.585. The van der Waals surface area contributed by atoms with E-state index in [0.29, 0.717) is 13.2 Å². The Hall–Kier alpha value is -1.65. The molecular formula is C16H22O4. The fourth-order valence-corrected chi connectivity index (χ4v) is 1.57. The molecule has 0 aliphatic heterocycles. The average molecular weight is 278 g/mol. The Kier molecular flexibility index (Phi) is 7.62. The van der Waals surface area contributed by atoms with Crippen molar-refractivity contribution in [3.05, 3.63) is 48.0 Å². The van der Waals surface area contributed by atoms with Crippen molar-refractivity contribution >= 4 is 5.97 Å². The number of hydrogen-bond donors (Lipinski definition) is 1. The Balaban J connectivity index is 2.26. The van der Waals surface area contributed by atoms with Gasteiger partial charge in [-0.2, -0.15) is 0 Å². The maximum Gasteiger partial charge on any atom is 0.312 e. The summed E-state index contributed by atoms with van der Waals surface area (Å²) < 4.78 is 10.3. The minimum atomic E-state index is -0.726. The zero-order valence-corrected chi connectivity index (χ0v) is 12.0. The van der Waals surface area contributed by atoms with Gasteiger partial charge < -0.3 is 14.6 Å². The molecule has 0 amide bonds. The van der Waals surface area contributed by atoms with Gasteiger partial charge in [-0.05, 0) is 19.4 Å². The van der Waals surface area contributed by atoms with Crippen LogP contribution in [0.2, 0.25) is 0 Å². The van der Waals surface area contributed by atoms with Gasteiger partial charge in [0, 0.05) is 0 Å². The summed E-state index contributed by atoms with van der Waals surface area (Å²) in [7, 11) is 0. The fraction of sp³-hybridized carbons (Fsp3) is 0.438. The van der Waals surface area contributed by atoms with Crippen LogP contribution in [0.4, 0.5) is 0 Å². The normalized spacial score (nSPS) is 14.2. The van der Waals surface area contributed by atoms with E-state index in [0.717, 1.165) is 5.56 Å². The molecule has 1 rings (SSSR count). The first-order chi connectivity index (χ1) is 9.63. The van der Waals surface area contributed by atoms with Crippen LogP contribution in [0.3, 0.4) is 0 Å². The third-order valence-electron chi connectivity index (χ3n) is 2.68. The lowest BCUT2D eigenvalue weighted by molar-refractivity contribution is -0.145. The molecule has 4 heteroatoms. The monoisotopic (exact) mass is 278 g/mol. The zero-order chi connectivity index (χ0) is 14.8. The highest BCUT2D eigenvalue weighted by Crippen LogP contribution is 2.04. The molecule has 0 spiro atoms. The second-order valence-corrected chi connectivity index (χ2v) is 4.49. The Morgan fingerprint density at radius 3 is 2.65 bits per heavy atom. The Labute approximate surface area is 120 Å². The van der Waals surface area contributed by atoms with Crippen molar-refractivity contribution < 1.29 is 19.4 Å². The van der Waals surface area contributed by atoms with Crippen LogP contribution in [-0.4, -0.2) is 30.4 Å². The maximum atomic E-state index is 11.4. The largest absolute Gasteiger partial charge is 0.466 e. The van der Waals surface area contributed by atoms with Crippen molar-refractivity contribution in [2.24, 2.45) is 5.92 Å². The first-order valence-corrected chi connectivity index (χ1v) is 6.78. The van der Waals surface area contributed by atoms with Gasteiger partial charge in [0.2, 0.25) is 0 Å². The third-order valence-corrected chi connectivity index (χ3v) is 2.68. The number of esters is 1. The first kappa shape index (κ1) is 16.4. The number of benzene rings is 1. The van der Waals surface area contributed by atoms with Gasteiger partial charge in [0.05, 0.1) is 31.8 Å². The number of aliphatic hydroxyl groups excluding tert-OH is 1. The highest BCUT2D eigenvalue weighted by molar-refractivity contribution is 5.73. The highest BCUT2D eigenvalue weighted by atomic mass is 16.5. The van der Waals surface area contributed by atoms with Crippen LogP contribution in [0, 0.1) is 5.92 Å². The van der Waals surface area contributed by atoms with E-state index in [1.807, 2.05) is 30.3 Å². The molecular weight excluding hydrogens is 256 g/mol. The number of carbonyl (C=O) groups excluding carboxylic acids is 1. The van der Waals surface area contributed by atoms with Gasteiger partial charge in [0.15, 0.2) is 0 Å². The lowest BCUT2D eigenvalue weighted by Crippen LogP contribution is -2.15. The molecule has 0 saturated heterocycles. The molecule has 1 aromatic carbocycles. The molecule has 4 nitrogen and oxygen atoms in total. The van der Waals surface area contributed by atoms with E-state index in [-0.39, 0.29) is 18.5 Å². The molecule has 0 unspecified atom stereocenters. The van der Waals surface area contributed by atoms with Crippen molar-refractivity contribution in [1.82, 2.24) is 0 Å². The first-order valence-electron chi connectivity index (χ1n) is 6.78. The summed E-state index contributed by atoms with van der Waals surface area (Å²) in [6, 6.07) is 9.75. The average Bonchev–Trinajstić information content (AvgIpc) is 2.46. The van der Waals surface area contributed by atoms with E-state index in [9.17, 15) is 9.90 Å². The predicted octanol–water partition coefficient (Wildman–Crippen LogP) is 2.32. The SMILES string of the molecule is CCOC(=O)[C@H](C)C=C[C@@H](O)COCc1ccccc1. The van der Waals surface area contributed by atoms with Crippen molar-refractivity contribution in [1.29, 1.82) is 0 Å². The summed E-state index contributed by atoms with van der Waals surface area (Å²) in [5.41, 5.74) is 1.06. The van der Waals surface area contributed by atoms with Crippen molar-refractivity contribution in [3.8, 4) is 0 Å². The molecule has 1 aromatic rings. The van der Waals surface area contributed by atoms with Gasteiger partial charge in [-0.1, -0.05) is 42.5 Å². The Morgan fingerprint density at radius 2 is 2.00 bits per heavy atom. The van der Waals surface area contributed by atoms with Crippen molar-refractivity contribution in [2.75, 3.05) is 13.2 Å². The number of hydrogen-bond acceptors (Lipinski definition) is 4. The van der Waals surface area contributed by atoms with Crippen LogP contribution < -0.4 is 0 Å². The van der Waals surface area contributed by atoms with Crippen LogP contribution >= 0.6 is 0 Å². The minimum absolute atomic E-state index is 0.195. The standard InChI is InChI=1S/C16H22O4/c1-3-20-16(18)13(2)9-10-15(17)12-19-11-14-7-5-4-6-8-14/h4-10,13,15,17H,3,11-12H2,1-2H3/t13-,15-/m1/s1. The Bertz CT molecular complexity index is 414. The van der Waals surface area contributed by atoms with Gasteiger partial charge in [-0.3, -0.25) is 4.79 Å². The molecule has 0 aliphatic carbocycles. The van der Waals surface area contributed by atoms with Gasteiger partial charge in [0.25, 0.3) is 0 Å². The van der Waals surface area contributed by atoms with Crippen molar-refractivity contribution in [2.45, 2.75) is 26.6 Å². The lowest BCUT2D eigenvalue weighted by atomic mass is 10.1.